The zero-order valence-electron chi connectivity index (χ0n) is 30.1. The minimum Gasteiger partial charge on any atom is -0.395 e. The van der Waals surface area contributed by atoms with Crippen LogP contribution in [0.15, 0.2) is 60.7 Å². The van der Waals surface area contributed by atoms with Crippen LogP contribution in [0.1, 0.15) is 88.3 Å². The molecule has 50 heavy (non-hydrogen) atoms. The quantitative estimate of drug-likeness (QED) is 0.127. The summed E-state index contributed by atoms with van der Waals surface area (Å²) in [4.78, 5) is 22.7. The molecule has 0 radical (unpaired) electrons. The molecule has 1 saturated heterocycles. The predicted octanol–water partition coefficient (Wildman–Crippen LogP) is 7.46. The number of hydrogen-bond acceptors (Lipinski definition) is 6. The molecule has 3 heterocycles. The molecule has 2 unspecified atom stereocenters. The van der Waals surface area contributed by atoms with E-state index in [0.717, 1.165) is 110 Å². The number of unbranched alkanes of at least 4 members (excludes halogenated alkanes) is 4. The van der Waals surface area contributed by atoms with Crippen molar-refractivity contribution in [2.45, 2.75) is 90.4 Å². The Balaban J connectivity index is 0.963. The molecule has 1 amide bonds. The van der Waals surface area contributed by atoms with Crippen LogP contribution in [0.3, 0.4) is 0 Å². The maximum atomic E-state index is 12.7. The molecule has 7 rings (SSSR count). The fourth-order valence-corrected chi connectivity index (χ4v) is 9.08. The Kier molecular flexibility index (Phi) is 11.1. The summed E-state index contributed by atoms with van der Waals surface area (Å²) < 4.78 is 2.04. The Morgan fingerprint density at radius 1 is 0.920 bits per heavy atom. The maximum absolute atomic E-state index is 12.7. The average molecular weight is 677 g/mol. The molecule has 4 aromatic rings. The van der Waals surface area contributed by atoms with E-state index in [9.17, 15) is 9.90 Å². The molecule has 2 aliphatic carbocycles. The first-order chi connectivity index (χ1) is 24.5. The van der Waals surface area contributed by atoms with E-state index in [4.69, 9.17) is 10.1 Å². The van der Waals surface area contributed by atoms with E-state index in [1.165, 1.54) is 63.4 Å². The topological polar surface area (TPSA) is 86.0 Å². The molecule has 2 aromatic heterocycles. The summed E-state index contributed by atoms with van der Waals surface area (Å²) in [6, 6.07) is 21.6. The van der Waals surface area contributed by atoms with E-state index >= 15 is 0 Å². The third kappa shape index (κ3) is 8.07. The molecule has 0 spiro atoms. The van der Waals surface area contributed by atoms with Crippen LogP contribution < -0.4 is 10.2 Å². The van der Waals surface area contributed by atoms with Crippen molar-refractivity contribution >= 4 is 17.4 Å². The van der Waals surface area contributed by atoms with Gasteiger partial charge in [0.1, 0.15) is 5.82 Å². The standard InChI is InChI=1S/C42H56N6O2/c1-32-40(35-15-7-5-8-16-35)41-44-37(29-39(48(41)45-32)47-24-22-46(23-25-47)26-27-49)36-17-10-13-33(28-36)12-6-3-2-4-9-21-43-38(50)31-42-19-11-14-34(30-42)18-20-42/h5,7-8,10,13,15-17,28-29,34,49H,2-4,6,9,11-12,14,18-27,30-31H2,1H3,(H,43,50). The molecule has 3 fully saturated rings. The number of nitrogens with zero attached hydrogens (tertiary/aromatic N) is 5. The number of anilines is 1. The van der Waals surface area contributed by atoms with Gasteiger partial charge in [-0.05, 0) is 80.4 Å². The second-order valence-corrected chi connectivity index (χ2v) is 15.4. The monoisotopic (exact) mass is 676 g/mol. The SMILES string of the molecule is Cc1nn2c(N3CCN(CCO)CC3)cc(-c3cccc(CCCCCCCNC(=O)CC45CCCC(CC4)C5)c3)nc2c1-c1ccccc1. The van der Waals surface area contributed by atoms with E-state index in [0.29, 0.717) is 5.41 Å². The Morgan fingerprint density at radius 2 is 1.72 bits per heavy atom. The van der Waals surface area contributed by atoms with Gasteiger partial charge in [0.05, 0.1) is 18.0 Å². The molecule has 8 nitrogen and oxygen atoms in total. The van der Waals surface area contributed by atoms with Crippen LogP contribution in [0.5, 0.6) is 0 Å². The summed E-state index contributed by atoms with van der Waals surface area (Å²) in [5.41, 5.74) is 7.87. The normalized spacial score (nSPS) is 20.8. The Bertz CT molecular complexity index is 1730. The molecule has 266 valence electrons. The van der Waals surface area contributed by atoms with Gasteiger partial charge < -0.3 is 15.3 Å². The van der Waals surface area contributed by atoms with E-state index < -0.39 is 0 Å². The number of benzene rings is 2. The third-order valence-corrected chi connectivity index (χ3v) is 11.8. The minimum atomic E-state index is 0.194. The maximum Gasteiger partial charge on any atom is 0.220 e. The molecule has 2 bridgehead atoms. The van der Waals surface area contributed by atoms with Gasteiger partial charge >= 0.3 is 0 Å². The van der Waals surface area contributed by atoms with Gasteiger partial charge in [-0.1, -0.05) is 80.6 Å². The van der Waals surface area contributed by atoms with Crippen LogP contribution in [-0.4, -0.2) is 76.4 Å². The zero-order valence-corrected chi connectivity index (χ0v) is 30.1. The highest BCUT2D eigenvalue weighted by atomic mass is 16.3. The predicted molar refractivity (Wildman–Crippen MR) is 202 cm³/mol. The largest absolute Gasteiger partial charge is 0.395 e. The molecular weight excluding hydrogens is 621 g/mol. The average Bonchev–Trinajstić information content (AvgIpc) is 3.63. The molecule has 1 aliphatic heterocycles. The van der Waals surface area contributed by atoms with Gasteiger partial charge in [0, 0.05) is 62.9 Å². The number of rotatable bonds is 15. The van der Waals surface area contributed by atoms with Crippen LogP contribution in [-0.2, 0) is 11.2 Å². The zero-order chi connectivity index (χ0) is 34.3. The van der Waals surface area contributed by atoms with Crippen molar-refractivity contribution in [3.8, 4) is 22.4 Å². The van der Waals surface area contributed by atoms with Gasteiger partial charge in [-0.2, -0.15) is 9.61 Å². The second kappa shape index (κ2) is 16.1. The van der Waals surface area contributed by atoms with Gasteiger partial charge in [-0.25, -0.2) is 4.98 Å². The number of piperazine rings is 1. The summed E-state index contributed by atoms with van der Waals surface area (Å²) >= 11 is 0. The van der Waals surface area contributed by atoms with Crippen molar-refractivity contribution in [3.63, 3.8) is 0 Å². The molecule has 3 aliphatic rings. The Morgan fingerprint density at radius 3 is 2.56 bits per heavy atom. The van der Waals surface area contributed by atoms with Crippen molar-refractivity contribution in [2.75, 3.05) is 50.8 Å². The van der Waals surface area contributed by atoms with Crippen molar-refractivity contribution in [1.29, 1.82) is 0 Å². The number of hydrogen-bond donors (Lipinski definition) is 2. The molecule has 2 atom stereocenters. The highest BCUT2D eigenvalue weighted by molar-refractivity contribution is 5.83. The van der Waals surface area contributed by atoms with E-state index in [1.54, 1.807) is 0 Å². The van der Waals surface area contributed by atoms with Gasteiger partial charge in [-0.15, -0.1) is 0 Å². The Labute approximate surface area is 298 Å². The van der Waals surface area contributed by atoms with Crippen molar-refractivity contribution in [2.24, 2.45) is 11.3 Å². The molecule has 2 saturated carbocycles. The highest BCUT2D eigenvalue weighted by Crippen LogP contribution is 2.53. The van der Waals surface area contributed by atoms with Gasteiger partial charge in [-0.3, -0.25) is 9.69 Å². The smallest absolute Gasteiger partial charge is 0.220 e. The fourth-order valence-electron chi connectivity index (χ4n) is 9.08. The highest BCUT2D eigenvalue weighted by Gasteiger charge is 2.42. The lowest BCUT2D eigenvalue weighted by molar-refractivity contribution is -0.123. The number of fused-ring (bicyclic) bond motifs is 3. The first-order valence-corrected chi connectivity index (χ1v) is 19.4. The number of amides is 1. The van der Waals surface area contributed by atoms with E-state index in [1.807, 2.05) is 10.6 Å². The molecule has 2 aromatic carbocycles. The van der Waals surface area contributed by atoms with Crippen molar-refractivity contribution in [1.82, 2.24) is 24.8 Å². The summed E-state index contributed by atoms with van der Waals surface area (Å²) in [5, 5.41) is 17.7. The number of aryl methyl sites for hydroxylation is 2. The van der Waals surface area contributed by atoms with Crippen LogP contribution in [0.4, 0.5) is 5.82 Å². The first kappa shape index (κ1) is 34.7. The molecular formula is C42H56N6O2. The second-order valence-electron chi connectivity index (χ2n) is 15.4. The number of aliphatic hydroxyl groups is 1. The minimum absolute atomic E-state index is 0.194. The van der Waals surface area contributed by atoms with E-state index in [-0.39, 0.29) is 12.5 Å². The number of aromatic nitrogens is 3. The summed E-state index contributed by atoms with van der Waals surface area (Å²) in [7, 11) is 0. The van der Waals surface area contributed by atoms with Crippen LogP contribution in [0.2, 0.25) is 0 Å². The van der Waals surface area contributed by atoms with E-state index in [2.05, 4.69) is 76.6 Å². The Hall–Kier alpha value is -3.75. The number of nitrogens with one attached hydrogen (secondary N) is 1. The molecule has 2 N–H and O–H groups in total. The number of aliphatic hydroxyl groups excluding tert-OH is 1. The van der Waals surface area contributed by atoms with Crippen LogP contribution in [0.25, 0.3) is 28.0 Å². The lowest BCUT2D eigenvalue weighted by Gasteiger charge is -2.35. The summed E-state index contributed by atoms with van der Waals surface area (Å²) in [5.74, 6) is 2.25. The number of β-amino-alcohol motifs (C(OH)–C–C–N with tert-alkyl or cyclic N) is 1. The van der Waals surface area contributed by atoms with Crippen LogP contribution >= 0.6 is 0 Å². The number of carbonyl (C=O) groups excluding carboxylic acids is 1. The van der Waals surface area contributed by atoms with Gasteiger partial charge in [0.2, 0.25) is 5.91 Å². The van der Waals surface area contributed by atoms with Crippen molar-refractivity contribution < 1.29 is 9.90 Å². The lowest BCUT2D eigenvalue weighted by Crippen LogP contribution is -2.47. The first-order valence-electron chi connectivity index (χ1n) is 19.4. The van der Waals surface area contributed by atoms with Gasteiger partial charge in [0.15, 0.2) is 5.65 Å². The van der Waals surface area contributed by atoms with Crippen LogP contribution in [0, 0.1) is 18.3 Å². The summed E-state index contributed by atoms with van der Waals surface area (Å²) in [6.07, 6.45) is 15.5. The van der Waals surface area contributed by atoms with Crippen molar-refractivity contribution in [3.05, 3.63) is 71.9 Å². The third-order valence-electron chi connectivity index (χ3n) is 11.8. The molecule has 8 heteroatoms. The van der Waals surface area contributed by atoms with Gasteiger partial charge in [0.25, 0.3) is 0 Å². The lowest BCUT2D eigenvalue weighted by atomic mass is 9.73. The number of carbonyl (C=O) groups is 1. The fraction of sp³-hybridized carbons (Fsp3) is 0.548. The summed E-state index contributed by atoms with van der Waals surface area (Å²) in [6.45, 7) is 7.40.